The second-order valence-electron chi connectivity index (χ2n) is 4.49. The molecule has 1 atom stereocenters. The highest BCUT2D eigenvalue weighted by molar-refractivity contribution is 8.01. The number of hydrogen-bond donors (Lipinski definition) is 1. The van der Waals surface area contributed by atoms with Gasteiger partial charge in [0.15, 0.2) is 15.7 Å². The molecule has 2 heterocycles. The molecule has 0 radical (unpaired) electrons. The highest BCUT2D eigenvalue weighted by Crippen LogP contribution is 2.31. The number of anilines is 2. The van der Waals surface area contributed by atoms with Gasteiger partial charge in [0.25, 0.3) is 0 Å². The average molecular weight is 337 g/mol. The van der Waals surface area contributed by atoms with E-state index in [1.54, 1.807) is 30.5 Å². The molecule has 1 saturated heterocycles. The number of hydrogen-bond acceptors (Lipinski definition) is 7. The molecule has 0 saturated carbocycles. The summed E-state index contributed by atoms with van der Waals surface area (Å²) in [5, 5.41) is -0.531. The molecular formula is C11H17ClN4O2S2. The Morgan fingerprint density at radius 2 is 2.20 bits per heavy atom. The zero-order valence-electron chi connectivity index (χ0n) is 11.3. The number of rotatable bonds is 3. The molecule has 1 fully saturated rings. The molecule has 0 spiro atoms. The van der Waals surface area contributed by atoms with Gasteiger partial charge < -0.3 is 10.6 Å². The van der Waals surface area contributed by atoms with Crippen molar-refractivity contribution in [2.24, 2.45) is 0 Å². The van der Waals surface area contributed by atoms with Crippen LogP contribution in [0, 0.1) is 6.92 Å². The summed E-state index contributed by atoms with van der Waals surface area (Å²) < 4.78 is 24.5. The van der Waals surface area contributed by atoms with Crippen molar-refractivity contribution in [3.05, 3.63) is 11.0 Å². The van der Waals surface area contributed by atoms with Crippen molar-refractivity contribution in [2.75, 3.05) is 34.4 Å². The van der Waals surface area contributed by atoms with Gasteiger partial charge in [-0.1, -0.05) is 6.92 Å². The highest BCUT2D eigenvalue weighted by Gasteiger charge is 2.35. The minimum Gasteiger partial charge on any atom is -0.394 e. The molecule has 0 aromatic carbocycles. The maximum atomic E-state index is 12.2. The predicted molar refractivity (Wildman–Crippen MR) is 84.1 cm³/mol. The summed E-state index contributed by atoms with van der Waals surface area (Å²) in [5.74, 6) is 1.85. The molecular weight excluding hydrogens is 320 g/mol. The number of halogens is 1. The zero-order chi connectivity index (χ0) is 14.9. The lowest BCUT2D eigenvalue weighted by Gasteiger charge is -2.36. The lowest BCUT2D eigenvalue weighted by Crippen LogP contribution is -2.48. The largest absolute Gasteiger partial charge is 0.394 e. The number of thioether (sulfide) groups is 1. The smallest absolute Gasteiger partial charge is 0.224 e. The molecule has 9 heteroatoms. The highest BCUT2D eigenvalue weighted by atomic mass is 35.5. The van der Waals surface area contributed by atoms with Gasteiger partial charge in [0.2, 0.25) is 5.28 Å². The second kappa shape index (κ2) is 5.95. The van der Waals surface area contributed by atoms with Crippen LogP contribution in [0.15, 0.2) is 0 Å². The lowest BCUT2D eigenvalue weighted by atomic mass is 10.3. The number of sulfone groups is 1. The van der Waals surface area contributed by atoms with E-state index >= 15 is 0 Å². The van der Waals surface area contributed by atoms with E-state index < -0.39 is 15.2 Å². The summed E-state index contributed by atoms with van der Waals surface area (Å²) in [7, 11) is -3.21. The van der Waals surface area contributed by atoms with Crippen molar-refractivity contribution in [1.82, 2.24) is 9.97 Å². The fourth-order valence-corrected chi connectivity index (χ4v) is 5.24. The van der Waals surface area contributed by atoms with Crippen LogP contribution in [-0.4, -0.2) is 47.6 Å². The minimum atomic E-state index is -3.21. The molecule has 20 heavy (non-hydrogen) atoms. The third-order valence-corrected chi connectivity index (χ3v) is 6.72. The SMILES string of the molecule is CCS(=O)(=O)C1CSCCN1c1nc(Cl)nc(C)c1N. The molecule has 1 unspecified atom stereocenters. The van der Waals surface area contributed by atoms with Gasteiger partial charge in [-0.15, -0.1) is 0 Å². The van der Waals surface area contributed by atoms with Crippen LogP contribution in [0.3, 0.4) is 0 Å². The van der Waals surface area contributed by atoms with Gasteiger partial charge in [0.05, 0.1) is 11.4 Å². The quantitative estimate of drug-likeness (QED) is 0.833. The van der Waals surface area contributed by atoms with Crippen LogP contribution in [0.2, 0.25) is 5.28 Å². The van der Waals surface area contributed by atoms with E-state index in [-0.39, 0.29) is 11.0 Å². The Morgan fingerprint density at radius 1 is 1.50 bits per heavy atom. The zero-order valence-corrected chi connectivity index (χ0v) is 13.7. The van der Waals surface area contributed by atoms with Gasteiger partial charge in [-0.3, -0.25) is 0 Å². The van der Waals surface area contributed by atoms with E-state index in [1.807, 2.05) is 0 Å². The number of nitrogens with two attached hydrogens (primary N) is 1. The molecule has 1 aromatic rings. The monoisotopic (exact) mass is 336 g/mol. The molecule has 0 amide bonds. The molecule has 1 aliphatic heterocycles. The van der Waals surface area contributed by atoms with Crippen molar-refractivity contribution in [3.8, 4) is 0 Å². The first-order valence-corrected chi connectivity index (χ1v) is 9.47. The summed E-state index contributed by atoms with van der Waals surface area (Å²) >= 11 is 7.50. The first-order valence-electron chi connectivity index (χ1n) is 6.22. The molecule has 1 aromatic heterocycles. The Kier molecular flexibility index (Phi) is 4.66. The molecule has 6 nitrogen and oxygen atoms in total. The number of nitrogen functional groups attached to an aromatic ring is 1. The van der Waals surface area contributed by atoms with Crippen molar-refractivity contribution < 1.29 is 8.42 Å². The first-order chi connectivity index (χ1) is 9.36. The van der Waals surface area contributed by atoms with Crippen LogP contribution < -0.4 is 10.6 Å². The number of aromatic nitrogens is 2. The van der Waals surface area contributed by atoms with Gasteiger partial charge in [0, 0.05) is 23.8 Å². The van der Waals surface area contributed by atoms with Crippen LogP contribution in [-0.2, 0) is 9.84 Å². The Morgan fingerprint density at radius 3 is 2.85 bits per heavy atom. The topological polar surface area (TPSA) is 89.2 Å². The number of aryl methyl sites for hydroxylation is 1. The maximum absolute atomic E-state index is 12.2. The summed E-state index contributed by atoms with van der Waals surface area (Å²) in [6, 6.07) is 0. The molecule has 0 aliphatic carbocycles. The molecule has 2 rings (SSSR count). The normalized spacial score (nSPS) is 20.1. The van der Waals surface area contributed by atoms with Crippen LogP contribution in [0.1, 0.15) is 12.6 Å². The second-order valence-corrected chi connectivity index (χ2v) is 8.42. The van der Waals surface area contributed by atoms with Gasteiger partial charge >= 0.3 is 0 Å². The van der Waals surface area contributed by atoms with Crippen LogP contribution in [0.5, 0.6) is 0 Å². The Labute approximate surface area is 128 Å². The molecule has 2 N–H and O–H groups in total. The third kappa shape index (κ3) is 2.96. The van der Waals surface area contributed by atoms with Gasteiger partial charge in [-0.05, 0) is 18.5 Å². The van der Waals surface area contributed by atoms with E-state index in [0.717, 1.165) is 5.75 Å². The average Bonchev–Trinajstić information content (AvgIpc) is 2.43. The fraction of sp³-hybridized carbons (Fsp3) is 0.636. The van der Waals surface area contributed by atoms with Gasteiger partial charge in [-0.2, -0.15) is 16.7 Å². The third-order valence-electron chi connectivity index (χ3n) is 3.26. The Bertz CT molecular complexity index is 609. The van der Waals surface area contributed by atoms with E-state index in [2.05, 4.69) is 9.97 Å². The summed E-state index contributed by atoms with van der Waals surface area (Å²) in [4.78, 5) is 9.86. The maximum Gasteiger partial charge on any atom is 0.224 e. The predicted octanol–water partition coefficient (Wildman–Crippen LogP) is 1.33. The summed E-state index contributed by atoms with van der Waals surface area (Å²) in [6.07, 6.45) is 0. The Balaban J connectivity index is 2.48. The van der Waals surface area contributed by atoms with Crippen molar-refractivity contribution in [1.29, 1.82) is 0 Å². The van der Waals surface area contributed by atoms with E-state index in [0.29, 0.717) is 29.5 Å². The van der Waals surface area contributed by atoms with Gasteiger partial charge in [0.1, 0.15) is 5.37 Å². The van der Waals surface area contributed by atoms with Crippen molar-refractivity contribution in [2.45, 2.75) is 19.2 Å². The minimum absolute atomic E-state index is 0.0811. The molecule has 0 bridgehead atoms. The summed E-state index contributed by atoms with van der Waals surface area (Å²) in [6.45, 7) is 3.95. The standard InChI is InChI=1S/C11H17ClN4O2S2/c1-3-20(17,18)8-6-19-5-4-16(8)10-9(13)7(2)14-11(12)15-10/h8H,3-6,13H2,1-2H3. The fourth-order valence-electron chi connectivity index (χ4n) is 2.07. The van der Waals surface area contributed by atoms with E-state index in [9.17, 15) is 8.42 Å². The van der Waals surface area contributed by atoms with Gasteiger partial charge in [-0.25, -0.2) is 13.4 Å². The molecule has 112 valence electrons. The van der Waals surface area contributed by atoms with Crippen molar-refractivity contribution in [3.63, 3.8) is 0 Å². The lowest BCUT2D eigenvalue weighted by molar-refractivity contribution is 0.579. The first kappa shape index (κ1) is 15.7. The van der Waals surface area contributed by atoms with E-state index in [4.69, 9.17) is 17.3 Å². The molecule has 1 aliphatic rings. The van der Waals surface area contributed by atoms with E-state index in [1.165, 1.54) is 0 Å². The van der Waals surface area contributed by atoms with Crippen LogP contribution >= 0.6 is 23.4 Å². The van der Waals surface area contributed by atoms with Crippen LogP contribution in [0.25, 0.3) is 0 Å². The van der Waals surface area contributed by atoms with Crippen LogP contribution in [0.4, 0.5) is 11.5 Å². The number of nitrogens with zero attached hydrogens (tertiary/aromatic N) is 3. The summed E-state index contributed by atoms with van der Waals surface area (Å²) in [5.41, 5.74) is 6.95. The van der Waals surface area contributed by atoms with Crippen molar-refractivity contribution >= 4 is 44.7 Å². The Hall–Kier alpha value is -0.730.